The molecule has 3 N–H and O–H groups in total. The SMILES string of the molecule is Cc1c(C(=O)O)c(-c2cccc(N3CCN(c4ccc(NS(=O)(=O)c5ccc(NC(CCN(C)C)CSc6ccccc6)c([N+](=O)[O-])c5)cc4)CC3)c2)c(-c2ccc(Cl)cc2)n1C1CC1. The lowest BCUT2D eigenvalue weighted by Gasteiger charge is -2.37. The van der Waals surface area contributed by atoms with Crippen molar-refractivity contribution in [1.29, 1.82) is 0 Å². The number of carboxylic acid groups (broad SMARTS) is 1. The van der Waals surface area contributed by atoms with Gasteiger partial charge in [0.05, 0.1) is 21.1 Å². The van der Waals surface area contributed by atoms with Gasteiger partial charge in [-0.2, -0.15) is 0 Å². The number of rotatable bonds is 18. The molecule has 1 unspecified atom stereocenters. The summed E-state index contributed by atoms with van der Waals surface area (Å²) in [6.07, 6.45) is 2.74. The summed E-state index contributed by atoms with van der Waals surface area (Å²) in [5.74, 6) is -0.291. The number of carboxylic acids is 1. The second kappa shape index (κ2) is 19.6. The van der Waals surface area contributed by atoms with Crippen molar-refractivity contribution in [3.63, 3.8) is 0 Å². The number of anilines is 4. The van der Waals surface area contributed by atoms with Crippen molar-refractivity contribution in [2.45, 2.75) is 48.1 Å². The average Bonchev–Trinajstić information content (AvgIpc) is 4.09. The van der Waals surface area contributed by atoms with E-state index in [2.05, 4.69) is 41.4 Å². The minimum absolute atomic E-state index is 0.113. The fourth-order valence-corrected chi connectivity index (χ4v) is 10.7. The molecule has 1 atom stereocenters. The van der Waals surface area contributed by atoms with E-state index in [1.807, 2.05) is 99.9 Å². The van der Waals surface area contributed by atoms with Crippen LogP contribution in [-0.2, 0) is 10.0 Å². The Morgan fingerprint density at radius 1 is 0.877 bits per heavy atom. The quantitative estimate of drug-likeness (QED) is 0.0429. The standard InChI is InChI=1S/C49H52ClN7O6S2/c1-33-46(49(58)59)47(48(56(33)40-20-21-40)34-12-14-36(50)15-13-34)35-8-7-9-41(30-35)55-28-26-54(27-29-55)39-18-16-37(17-19-39)52-65(62,63)43-22-23-44(45(31-43)57(60)61)51-38(24-25-53(2)3)32-64-42-10-5-4-6-11-42/h4-19,22-23,30-31,38,40,51-52H,20-21,24-29,32H2,1-3H3,(H,58,59). The predicted molar refractivity (Wildman–Crippen MR) is 263 cm³/mol. The molecule has 6 aromatic rings. The first-order chi connectivity index (χ1) is 31.3. The smallest absolute Gasteiger partial charge is 0.338 e. The van der Waals surface area contributed by atoms with Crippen molar-refractivity contribution in [3.05, 3.63) is 148 Å². The van der Waals surface area contributed by atoms with E-state index in [1.54, 1.807) is 23.9 Å². The number of thioether (sulfide) groups is 1. The minimum Gasteiger partial charge on any atom is -0.478 e. The van der Waals surface area contributed by atoms with E-state index in [0.29, 0.717) is 53.8 Å². The first kappa shape index (κ1) is 45.6. The Bertz CT molecular complexity index is 2770. The zero-order valence-corrected chi connectivity index (χ0v) is 38.9. The monoisotopic (exact) mass is 933 g/mol. The van der Waals surface area contributed by atoms with E-state index in [1.165, 1.54) is 12.1 Å². The molecular formula is C49H52ClN7O6S2. The van der Waals surface area contributed by atoms with Crippen LogP contribution >= 0.6 is 23.4 Å². The number of nitrogens with one attached hydrogen (secondary N) is 2. The lowest BCUT2D eigenvalue weighted by molar-refractivity contribution is -0.384. The summed E-state index contributed by atoms with van der Waals surface area (Å²) < 4.78 is 32.0. The van der Waals surface area contributed by atoms with E-state index in [4.69, 9.17) is 11.6 Å². The van der Waals surface area contributed by atoms with Gasteiger partial charge in [-0.3, -0.25) is 14.8 Å². The van der Waals surface area contributed by atoms with Crippen molar-refractivity contribution >= 4 is 67.8 Å². The van der Waals surface area contributed by atoms with Gasteiger partial charge in [0.25, 0.3) is 15.7 Å². The van der Waals surface area contributed by atoms with Gasteiger partial charge in [0.1, 0.15) is 5.69 Å². The van der Waals surface area contributed by atoms with Crippen LogP contribution in [0.5, 0.6) is 0 Å². The molecule has 1 saturated heterocycles. The van der Waals surface area contributed by atoms with Crippen molar-refractivity contribution in [1.82, 2.24) is 9.47 Å². The Morgan fingerprint density at radius 2 is 1.55 bits per heavy atom. The zero-order chi connectivity index (χ0) is 45.8. The normalized spacial score (nSPS) is 14.7. The molecule has 16 heteroatoms. The summed E-state index contributed by atoms with van der Waals surface area (Å²) in [6, 6.07) is 36.9. The predicted octanol–water partition coefficient (Wildman–Crippen LogP) is 10.4. The Kier molecular flexibility index (Phi) is 13.8. The lowest BCUT2D eigenvalue weighted by atomic mass is 9.96. The largest absolute Gasteiger partial charge is 0.478 e. The highest BCUT2D eigenvalue weighted by Crippen LogP contribution is 2.47. The van der Waals surface area contributed by atoms with Gasteiger partial charge in [-0.05, 0) is 131 Å². The first-order valence-corrected chi connectivity index (χ1v) is 24.4. The third kappa shape index (κ3) is 10.6. The Morgan fingerprint density at radius 3 is 2.18 bits per heavy atom. The van der Waals surface area contributed by atoms with Gasteiger partial charge in [0.2, 0.25) is 0 Å². The highest BCUT2D eigenvalue weighted by atomic mass is 35.5. The van der Waals surface area contributed by atoms with Crippen LogP contribution in [-0.4, -0.2) is 92.5 Å². The second-order valence-corrected chi connectivity index (χ2v) is 20.0. The van der Waals surface area contributed by atoms with Gasteiger partial charge < -0.3 is 29.7 Å². The third-order valence-corrected chi connectivity index (χ3v) is 14.7. The van der Waals surface area contributed by atoms with Crippen LogP contribution in [0.4, 0.5) is 28.4 Å². The summed E-state index contributed by atoms with van der Waals surface area (Å²) >= 11 is 7.92. The van der Waals surface area contributed by atoms with E-state index in [0.717, 1.165) is 70.7 Å². The molecule has 1 saturated carbocycles. The van der Waals surface area contributed by atoms with E-state index < -0.39 is 20.9 Å². The number of benzene rings is 5. The fraction of sp³-hybridized carbons (Fsp3) is 0.286. The molecule has 1 aliphatic carbocycles. The van der Waals surface area contributed by atoms with Crippen LogP contribution in [0.2, 0.25) is 5.02 Å². The fourth-order valence-electron chi connectivity index (χ4n) is 8.46. The number of carbonyl (C=O) groups is 1. The Balaban J connectivity index is 0.933. The van der Waals surface area contributed by atoms with Crippen LogP contribution in [0.15, 0.2) is 131 Å². The number of sulfonamides is 1. The molecule has 0 radical (unpaired) electrons. The third-order valence-electron chi connectivity index (χ3n) is 11.9. The highest BCUT2D eigenvalue weighted by Gasteiger charge is 2.34. The van der Waals surface area contributed by atoms with Crippen LogP contribution in [0, 0.1) is 17.0 Å². The Hall–Kier alpha value is -6.00. The maximum atomic E-state index is 13.6. The number of hydrogen-bond acceptors (Lipinski definition) is 10. The molecule has 0 amide bonds. The first-order valence-electron chi connectivity index (χ1n) is 21.6. The maximum Gasteiger partial charge on any atom is 0.338 e. The van der Waals surface area contributed by atoms with Crippen molar-refractivity contribution in [2.24, 2.45) is 0 Å². The van der Waals surface area contributed by atoms with Crippen molar-refractivity contribution in [2.75, 3.05) is 72.4 Å². The molecule has 5 aromatic carbocycles. The van der Waals surface area contributed by atoms with E-state index >= 15 is 0 Å². The molecule has 0 spiro atoms. The topological polar surface area (TPSA) is 153 Å². The summed E-state index contributed by atoms with van der Waals surface area (Å²) in [7, 11) is -0.214. The molecule has 338 valence electrons. The van der Waals surface area contributed by atoms with Crippen LogP contribution in [0.3, 0.4) is 0 Å². The number of aromatic nitrogens is 1. The zero-order valence-electron chi connectivity index (χ0n) is 36.5. The van der Waals surface area contributed by atoms with Gasteiger partial charge in [-0.15, -0.1) is 11.8 Å². The molecule has 2 heterocycles. The summed E-state index contributed by atoms with van der Waals surface area (Å²) in [5, 5.41) is 26.8. The number of nitro groups is 1. The van der Waals surface area contributed by atoms with Gasteiger partial charge in [0, 0.05) is 88.3 Å². The summed E-state index contributed by atoms with van der Waals surface area (Å²) in [6.45, 7) is 5.49. The number of aromatic carboxylic acids is 1. The Labute approximate surface area is 389 Å². The molecule has 2 aliphatic rings. The molecular weight excluding hydrogens is 882 g/mol. The van der Waals surface area contributed by atoms with Gasteiger partial charge in [-0.25, -0.2) is 13.2 Å². The molecule has 2 fully saturated rings. The summed E-state index contributed by atoms with van der Waals surface area (Å²) in [4.78, 5) is 32.1. The van der Waals surface area contributed by atoms with Crippen LogP contribution in [0.25, 0.3) is 22.4 Å². The number of piperazine rings is 1. The summed E-state index contributed by atoms with van der Waals surface area (Å²) in [5.41, 5.74) is 6.64. The number of halogens is 1. The average molecular weight is 935 g/mol. The molecule has 8 rings (SSSR count). The number of hydrogen-bond donors (Lipinski definition) is 3. The highest BCUT2D eigenvalue weighted by molar-refractivity contribution is 7.99. The second-order valence-electron chi connectivity index (χ2n) is 16.8. The van der Waals surface area contributed by atoms with Gasteiger partial charge in [-0.1, -0.05) is 54.1 Å². The molecule has 1 aliphatic heterocycles. The number of nitrogens with zero attached hydrogens (tertiary/aromatic N) is 5. The lowest BCUT2D eigenvalue weighted by Crippen LogP contribution is -2.46. The molecule has 65 heavy (non-hydrogen) atoms. The maximum absolute atomic E-state index is 13.6. The van der Waals surface area contributed by atoms with Crippen molar-refractivity contribution < 1.29 is 23.2 Å². The van der Waals surface area contributed by atoms with Crippen LogP contribution < -0.4 is 19.8 Å². The van der Waals surface area contributed by atoms with Gasteiger partial charge >= 0.3 is 5.97 Å². The molecule has 0 bridgehead atoms. The molecule has 1 aromatic heterocycles. The van der Waals surface area contributed by atoms with Gasteiger partial charge in [0.15, 0.2) is 0 Å². The van der Waals surface area contributed by atoms with E-state index in [-0.39, 0.29) is 28.4 Å². The van der Waals surface area contributed by atoms with Crippen molar-refractivity contribution in [3.8, 4) is 22.4 Å². The van der Waals surface area contributed by atoms with E-state index in [9.17, 15) is 28.4 Å². The minimum atomic E-state index is -4.16. The van der Waals surface area contributed by atoms with Crippen LogP contribution in [0.1, 0.15) is 41.4 Å². The number of nitro benzene ring substituents is 1. The molecule has 13 nitrogen and oxygen atoms in total.